The van der Waals surface area contributed by atoms with Crippen LogP contribution in [-0.4, -0.2) is 24.5 Å². The third-order valence-corrected chi connectivity index (χ3v) is 4.36. The van der Waals surface area contributed by atoms with Gasteiger partial charge < -0.3 is 5.73 Å². The lowest BCUT2D eigenvalue weighted by Crippen LogP contribution is -2.34. The number of hydrogen-bond donors (Lipinski definition) is 1. The Morgan fingerprint density at radius 3 is 2.62 bits per heavy atom. The van der Waals surface area contributed by atoms with Gasteiger partial charge in [0.05, 0.1) is 6.54 Å². The molecule has 0 amide bonds. The van der Waals surface area contributed by atoms with Gasteiger partial charge in [-0.05, 0) is 49.9 Å². The Kier molecular flexibility index (Phi) is 5.78. The van der Waals surface area contributed by atoms with Crippen molar-refractivity contribution in [3.05, 3.63) is 35.1 Å². The van der Waals surface area contributed by atoms with Gasteiger partial charge in [0.25, 0.3) is 0 Å². The van der Waals surface area contributed by atoms with E-state index in [0.29, 0.717) is 18.7 Å². The molecule has 1 heterocycles. The molecule has 0 saturated carbocycles. The van der Waals surface area contributed by atoms with Crippen molar-refractivity contribution in [3.63, 3.8) is 0 Å². The third-order valence-electron chi connectivity index (χ3n) is 4.36. The van der Waals surface area contributed by atoms with Crippen LogP contribution in [0.25, 0.3) is 0 Å². The highest BCUT2D eigenvalue weighted by Gasteiger charge is 2.22. The monoisotopic (exact) mass is 288 g/mol. The van der Waals surface area contributed by atoms with Crippen molar-refractivity contribution in [2.24, 2.45) is 17.6 Å². The highest BCUT2D eigenvalue weighted by atomic mass is 19.1. The second kappa shape index (κ2) is 7.59. The normalized spacial score (nSPS) is 16.8. The van der Waals surface area contributed by atoms with Gasteiger partial charge >= 0.3 is 0 Å². The third kappa shape index (κ3) is 4.56. The molecule has 1 saturated heterocycles. The molecule has 0 radical (unpaired) electrons. The zero-order valence-electron chi connectivity index (χ0n) is 13.0. The highest BCUT2D eigenvalue weighted by Crippen LogP contribution is 2.25. The fraction of sp³-hybridized carbons (Fsp3) is 0.556. The quantitative estimate of drug-likeness (QED) is 0.866. The van der Waals surface area contributed by atoms with Crippen LogP contribution in [0.3, 0.4) is 0 Å². The van der Waals surface area contributed by atoms with Crippen LogP contribution in [0.15, 0.2) is 18.2 Å². The Bertz CT molecular complexity index is 520. The molecular formula is C18H25FN2. The molecule has 0 unspecified atom stereocenters. The van der Waals surface area contributed by atoms with E-state index in [9.17, 15) is 4.39 Å². The minimum atomic E-state index is -0.162. The summed E-state index contributed by atoms with van der Waals surface area (Å²) in [5.74, 6) is 7.03. The fourth-order valence-electron chi connectivity index (χ4n) is 2.93. The first-order chi connectivity index (χ1) is 10.1. The van der Waals surface area contributed by atoms with E-state index in [4.69, 9.17) is 5.73 Å². The first-order valence-electron chi connectivity index (χ1n) is 7.80. The first kappa shape index (κ1) is 16.0. The number of nitrogens with zero attached hydrogens (tertiary/aromatic N) is 1. The number of likely N-dealkylation sites (tertiary alicyclic amines) is 1. The van der Waals surface area contributed by atoms with Crippen LogP contribution in [0.4, 0.5) is 4.39 Å². The topological polar surface area (TPSA) is 29.3 Å². The maximum atomic E-state index is 14.1. The molecule has 21 heavy (non-hydrogen) atoms. The van der Waals surface area contributed by atoms with E-state index in [1.165, 1.54) is 18.9 Å². The molecule has 1 fully saturated rings. The van der Waals surface area contributed by atoms with Crippen LogP contribution < -0.4 is 5.73 Å². The number of hydrogen-bond acceptors (Lipinski definition) is 2. The van der Waals surface area contributed by atoms with E-state index in [-0.39, 0.29) is 5.82 Å². The lowest BCUT2D eigenvalue weighted by molar-refractivity contribution is 0.150. The van der Waals surface area contributed by atoms with Crippen molar-refractivity contribution in [2.45, 2.75) is 33.2 Å². The molecule has 1 aromatic carbocycles. The zero-order valence-corrected chi connectivity index (χ0v) is 13.0. The van der Waals surface area contributed by atoms with Crippen LogP contribution in [0, 0.1) is 29.5 Å². The molecule has 3 heteroatoms. The predicted molar refractivity (Wildman–Crippen MR) is 85.2 cm³/mol. The van der Waals surface area contributed by atoms with E-state index >= 15 is 0 Å². The van der Waals surface area contributed by atoms with Gasteiger partial charge in [-0.2, -0.15) is 0 Å². The highest BCUT2D eigenvalue weighted by molar-refractivity contribution is 5.37. The van der Waals surface area contributed by atoms with Crippen molar-refractivity contribution < 1.29 is 4.39 Å². The summed E-state index contributed by atoms with van der Waals surface area (Å²) in [4.78, 5) is 2.35. The van der Waals surface area contributed by atoms with E-state index in [1.807, 2.05) is 12.1 Å². The second-order valence-corrected chi connectivity index (χ2v) is 6.17. The Hall–Kier alpha value is -1.37. The number of piperidine rings is 1. The van der Waals surface area contributed by atoms with Crippen LogP contribution >= 0.6 is 0 Å². The van der Waals surface area contributed by atoms with Crippen LogP contribution in [0.1, 0.15) is 37.8 Å². The van der Waals surface area contributed by atoms with Crippen molar-refractivity contribution in [1.82, 2.24) is 4.90 Å². The molecule has 1 aliphatic heterocycles. The maximum absolute atomic E-state index is 14.1. The van der Waals surface area contributed by atoms with Crippen LogP contribution in [0.2, 0.25) is 0 Å². The summed E-state index contributed by atoms with van der Waals surface area (Å²) in [5, 5.41) is 0. The lowest BCUT2D eigenvalue weighted by Gasteiger charge is -2.33. The molecule has 1 aliphatic rings. The molecule has 2 rings (SSSR count). The van der Waals surface area contributed by atoms with Crippen LogP contribution in [0.5, 0.6) is 0 Å². The molecule has 0 aromatic heterocycles. The Morgan fingerprint density at radius 1 is 1.33 bits per heavy atom. The number of benzene rings is 1. The summed E-state index contributed by atoms with van der Waals surface area (Å²) < 4.78 is 14.1. The number of halogens is 1. The molecule has 2 N–H and O–H groups in total. The van der Waals surface area contributed by atoms with Crippen molar-refractivity contribution in [3.8, 4) is 11.8 Å². The molecule has 0 spiro atoms. The molecule has 114 valence electrons. The van der Waals surface area contributed by atoms with Gasteiger partial charge in [-0.1, -0.05) is 31.8 Å². The number of rotatable bonds is 3. The second-order valence-electron chi connectivity index (χ2n) is 6.17. The molecule has 0 aliphatic carbocycles. The summed E-state index contributed by atoms with van der Waals surface area (Å²) >= 11 is 0. The number of nitrogens with two attached hydrogens (primary N) is 1. The van der Waals surface area contributed by atoms with Gasteiger partial charge in [0.15, 0.2) is 0 Å². The Balaban J connectivity index is 1.95. The van der Waals surface area contributed by atoms with Gasteiger partial charge in [0.2, 0.25) is 0 Å². The average Bonchev–Trinajstić information content (AvgIpc) is 2.48. The zero-order chi connectivity index (χ0) is 15.2. The van der Waals surface area contributed by atoms with Gasteiger partial charge in [-0.15, -0.1) is 0 Å². The molecule has 0 bridgehead atoms. The van der Waals surface area contributed by atoms with Gasteiger partial charge in [0, 0.05) is 17.7 Å². The molecule has 2 nitrogen and oxygen atoms in total. The molecular weight excluding hydrogens is 263 g/mol. The van der Waals surface area contributed by atoms with Crippen molar-refractivity contribution >= 4 is 0 Å². The fourth-order valence-corrected chi connectivity index (χ4v) is 2.93. The maximum Gasteiger partial charge on any atom is 0.128 e. The van der Waals surface area contributed by atoms with E-state index < -0.39 is 0 Å². The minimum Gasteiger partial charge on any atom is -0.320 e. The standard InChI is InChI=1S/C18H25FN2/c1-14(2)16-7-10-21(11-8-16)13-17-6-5-15(4-3-9-20)12-18(17)19/h5-6,12,14,16H,7-11,13,20H2,1-2H3. The molecule has 0 atom stereocenters. The Labute approximate surface area is 127 Å². The van der Waals surface area contributed by atoms with E-state index in [2.05, 4.69) is 30.6 Å². The largest absolute Gasteiger partial charge is 0.320 e. The summed E-state index contributed by atoms with van der Waals surface area (Å²) in [7, 11) is 0. The van der Waals surface area contributed by atoms with Gasteiger partial charge in [-0.25, -0.2) is 4.39 Å². The Morgan fingerprint density at radius 2 is 2.05 bits per heavy atom. The summed E-state index contributed by atoms with van der Waals surface area (Å²) in [5.41, 5.74) is 6.78. The average molecular weight is 288 g/mol. The lowest BCUT2D eigenvalue weighted by atomic mass is 9.86. The SMILES string of the molecule is CC(C)C1CCN(Cc2ccc(C#CCN)cc2F)CC1. The van der Waals surface area contributed by atoms with E-state index in [0.717, 1.165) is 30.5 Å². The van der Waals surface area contributed by atoms with Gasteiger partial charge in [-0.3, -0.25) is 4.90 Å². The van der Waals surface area contributed by atoms with E-state index in [1.54, 1.807) is 0 Å². The summed E-state index contributed by atoms with van der Waals surface area (Å²) in [6, 6.07) is 5.24. The van der Waals surface area contributed by atoms with Crippen LogP contribution in [-0.2, 0) is 6.54 Å². The smallest absolute Gasteiger partial charge is 0.128 e. The predicted octanol–water partition coefficient (Wildman–Crippen LogP) is 3.00. The van der Waals surface area contributed by atoms with Crippen molar-refractivity contribution in [2.75, 3.05) is 19.6 Å². The molecule has 1 aromatic rings. The van der Waals surface area contributed by atoms with Crippen molar-refractivity contribution in [1.29, 1.82) is 0 Å². The first-order valence-corrected chi connectivity index (χ1v) is 7.80. The van der Waals surface area contributed by atoms with Gasteiger partial charge in [0.1, 0.15) is 5.82 Å². The minimum absolute atomic E-state index is 0.162. The summed E-state index contributed by atoms with van der Waals surface area (Å²) in [6.45, 7) is 7.71. The summed E-state index contributed by atoms with van der Waals surface area (Å²) in [6.07, 6.45) is 2.44.